The predicted molar refractivity (Wildman–Crippen MR) is 126 cm³/mol. The number of rotatable bonds is 0. The zero-order valence-corrected chi connectivity index (χ0v) is 20.5. The fourth-order valence-electron chi connectivity index (χ4n) is 2.81. The molecule has 0 fully saturated rings. The highest BCUT2D eigenvalue weighted by Gasteiger charge is 2.29. The molecule has 0 atom stereocenters. The lowest BCUT2D eigenvalue weighted by Gasteiger charge is -2.07. The Hall–Kier alpha value is -1.76. The van der Waals surface area contributed by atoms with Gasteiger partial charge in [0.15, 0.2) is 5.78 Å². The van der Waals surface area contributed by atoms with Crippen LogP contribution >= 0.6 is 23.2 Å². The van der Waals surface area contributed by atoms with Crippen LogP contribution < -0.4 is 0 Å². The van der Waals surface area contributed by atoms with Crippen molar-refractivity contribution in [3.63, 3.8) is 0 Å². The van der Waals surface area contributed by atoms with E-state index in [-0.39, 0.29) is 5.78 Å². The molecule has 0 radical (unpaired) electrons. The monoisotopic (exact) mass is 440 g/mol. The fraction of sp³-hybridized carbons (Fsp3) is 0.261. The molecule has 2 aromatic rings. The van der Waals surface area contributed by atoms with Crippen LogP contribution in [0.15, 0.2) is 24.3 Å². The van der Waals surface area contributed by atoms with E-state index in [1.54, 1.807) is 0 Å². The maximum atomic E-state index is 13.1. The number of hydrogen-bond acceptors (Lipinski definition) is 1. The van der Waals surface area contributed by atoms with Gasteiger partial charge in [0, 0.05) is 22.3 Å². The van der Waals surface area contributed by atoms with Gasteiger partial charge in [-0.2, -0.15) is 0 Å². The van der Waals surface area contributed by atoms with Crippen LogP contribution in [0.3, 0.4) is 0 Å². The van der Waals surface area contributed by atoms with E-state index in [0.29, 0.717) is 32.3 Å². The quantitative estimate of drug-likeness (QED) is 0.282. The number of carbonyl (C=O) groups is 1. The Kier molecular flexibility index (Phi) is 5.43. The number of ketones is 1. The van der Waals surface area contributed by atoms with E-state index in [9.17, 15) is 4.79 Å². The van der Waals surface area contributed by atoms with E-state index in [4.69, 9.17) is 23.2 Å². The van der Waals surface area contributed by atoms with E-state index in [2.05, 4.69) is 62.2 Å². The van der Waals surface area contributed by atoms with Crippen LogP contribution in [0.4, 0.5) is 0 Å². The molecule has 2 aromatic carbocycles. The standard InChI is InChI=1S/C23H22Cl2OSi2/c1-27(2,3)9-7-15-11-19-17(13-21(15)24)18-14-22(25)16(8-10-28(4,5)6)12-20(18)23(19)26/h11-14H,1-6H3. The van der Waals surface area contributed by atoms with Crippen molar-refractivity contribution in [2.45, 2.75) is 39.3 Å². The van der Waals surface area contributed by atoms with Gasteiger partial charge in [0.1, 0.15) is 16.1 Å². The summed E-state index contributed by atoms with van der Waals surface area (Å²) in [6.45, 7) is 13.0. The predicted octanol–water partition coefficient (Wildman–Crippen LogP) is 6.66. The van der Waals surface area contributed by atoms with Crippen LogP contribution in [-0.4, -0.2) is 21.9 Å². The molecule has 1 aliphatic carbocycles. The zero-order chi connectivity index (χ0) is 20.9. The van der Waals surface area contributed by atoms with Gasteiger partial charge < -0.3 is 0 Å². The van der Waals surface area contributed by atoms with Gasteiger partial charge in [0.25, 0.3) is 0 Å². The summed E-state index contributed by atoms with van der Waals surface area (Å²) in [5.41, 5.74) is 10.9. The minimum Gasteiger partial charge on any atom is -0.289 e. The van der Waals surface area contributed by atoms with E-state index < -0.39 is 16.1 Å². The molecule has 0 heterocycles. The number of halogens is 2. The van der Waals surface area contributed by atoms with Crippen molar-refractivity contribution < 1.29 is 4.79 Å². The second kappa shape index (κ2) is 7.25. The molecule has 0 aliphatic heterocycles. The maximum absolute atomic E-state index is 13.1. The van der Waals surface area contributed by atoms with Crippen LogP contribution in [0.25, 0.3) is 11.1 Å². The van der Waals surface area contributed by atoms with Gasteiger partial charge >= 0.3 is 0 Å². The Balaban J connectivity index is 2.12. The van der Waals surface area contributed by atoms with Crippen LogP contribution in [0, 0.1) is 22.9 Å². The number of benzene rings is 2. The molecular formula is C23H22Cl2OSi2. The third-order valence-corrected chi connectivity index (χ3v) is 6.51. The molecule has 0 amide bonds. The first kappa shape index (κ1) is 21.0. The molecule has 5 heteroatoms. The van der Waals surface area contributed by atoms with Crippen LogP contribution in [-0.2, 0) is 0 Å². The molecule has 0 saturated heterocycles. The topological polar surface area (TPSA) is 17.1 Å². The van der Waals surface area contributed by atoms with E-state index in [0.717, 1.165) is 11.1 Å². The van der Waals surface area contributed by atoms with Crippen molar-refractivity contribution >= 4 is 45.1 Å². The van der Waals surface area contributed by atoms with Gasteiger partial charge in [-0.15, -0.1) is 11.1 Å². The maximum Gasteiger partial charge on any atom is 0.194 e. The Labute approximate surface area is 179 Å². The summed E-state index contributed by atoms with van der Waals surface area (Å²) >= 11 is 12.9. The van der Waals surface area contributed by atoms with Gasteiger partial charge in [-0.1, -0.05) is 74.3 Å². The minimum atomic E-state index is -1.54. The Morgan fingerprint density at radius 1 is 0.643 bits per heavy atom. The molecular weight excluding hydrogens is 419 g/mol. The lowest BCUT2D eigenvalue weighted by molar-refractivity contribution is 0.104. The molecule has 0 saturated carbocycles. The molecule has 0 bridgehead atoms. The second-order valence-corrected chi connectivity index (χ2v) is 19.4. The summed E-state index contributed by atoms with van der Waals surface area (Å²) in [4.78, 5) is 13.1. The van der Waals surface area contributed by atoms with Crippen LogP contribution in [0.2, 0.25) is 49.3 Å². The number of carbonyl (C=O) groups excluding carboxylic acids is 1. The zero-order valence-electron chi connectivity index (χ0n) is 17.0. The molecule has 1 nitrogen and oxygen atoms in total. The normalized spacial score (nSPS) is 12.5. The van der Waals surface area contributed by atoms with Crippen molar-refractivity contribution in [2.24, 2.45) is 0 Å². The van der Waals surface area contributed by atoms with E-state index in [1.807, 2.05) is 24.3 Å². The Morgan fingerprint density at radius 3 is 1.32 bits per heavy atom. The second-order valence-electron chi connectivity index (χ2n) is 9.08. The molecule has 1 aliphatic rings. The first-order valence-corrected chi connectivity index (χ1v) is 16.9. The van der Waals surface area contributed by atoms with Crippen LogP contribution in [0.5, 0.6) is 0 Å². The average molecular weight is 442 g/mol. The largest absolute Gasteiger partial charge is 0.289 e. The van der Waals surface area contributed by atoms with Crippen molar-refractivity contribution in [3.8, 4) is 34.1 Å². The third-order valence-electron chi connectivity index (χ3n) is 4.14. The van der Waals surface area contributed by atoms with Crippen molar-refractivity contribution in [3.05, 3.63) is 56.6 Å². The van der Waals surface area contributed by atoms with Gasteiger partial charge in [-0.05, 0) is 35.4 Å². The lowest BCUT2D eigenvalue weighted by Crippen LogP contribution is -2.16. The summed E-state index contributed by atoms with van der Waals surface area (Å²) in [5, 5.41) is 1.12. The summed E-state index contributed by atoms with van der Waals surface area (Å²) in [7, 11) is -3.09. The molecule has 3 rings (SSSR count). The average Bonchev–Trinajstić information content (AvgIpc) is 2.80. The lowest BCUT2D eigenvalue weighted by atomic mass is 10.0. The molecule has 0 N–H and O–H groups in total. The Bertz CT molecular complexity index is 1040. The van der Waals surface area contributed by atoms with Crippen LogP contribution in [0.1, 0.15) is 27.0 Å². The first-order chi connectivity index (χ1) is 12.9. The van der Waals surface area contributed by atoms with Crippen molar-refractivity contribution in [2.75, 3.05) is 0 Å². The smallest absolute Gasteiger partial charge is 0.194 e. The SMILES string of the molecule is C[Si](C)(C)C#Cc1cc2c(cc1Cl)-c1cc(Cl)c(C#C[Si](C)(C)C)cc1C2=O. The van der Waals surface area contributed by atoms with E-state index >= 15 is 0 Å². The van der Waals surface area contributed by atoms with Gasteiger partial charge in [-0.3, -0.25) is 4.79 Å². The summed E-state index contributed by atoms with van der Waals surface area (Å²) in [6.07, 6.45) is 0. The van der Waals surface area contributed by atoms with Gasteiger partial charge in [0.2, 0.25) is 0 Å². The Morgan fingerprint density at radius 2 is 1.00 bits per heavy atom. The van der Waals surface area contributed by atoms with Gasteiger partial charge in [0.05, 0.1) is 10.0 Å². The number of hydrogen-bond donors (Lipinski definition) is 0. The minimum absolute atomic E-state index is 0.0227. The fourth-order valence-corrected chi connectivity index (χ4v) is 4.26. The summed E-state index contributed by atoms with van der Waals surface area (Å²) < 4.78 is 0. The summed E-state index contributed by atoms with van der Waals surface area (Å²) in [5.74, 6) is 6.32. The molecule has 0 unspecified atom stereocenters. The van der Waals surface area contributed by atoms with E-state index in [1.165, 1.54) is 0 Å². The molecule has 0 aromatic heterocycles. The van der Waals surface area contributed by atoms with Crippen molar-refractivity contribution in [1.29, 1.82) is 0 Å². The molecule has 0 spiro atoms. The number of fused-ring (bicyclic) bond motifs is 3. The molecule has 142 valence electrons. The highest BCUT2D eigenvalue weighted by Crippen LogP contribution is 2.41. The molecule has 28 heavy (non-hydrogen) atoms. The summed E-state index contributed by atoms with van der Waals surface area (Å²) in [6, 6.07) is 7.29. The highest BCUT2D eigenvalue weighted by atomic mass is 35.5. The first-order valence-electron chi connectivity index (χ1n) is 9.14. The third kappa shape index (κ3) is 4.45. The van der Waals surface area contributed by atoms with Crippen molar-refractivity contribution in [1.82, 2.24) is 0 Å². The highest BCUT2D eigenvalue weighted by molar-refractivity contribution is 6.84. The van der Waals surface area contributed by atoms with Gasteiger partial charge in [-0.25, -0.2) is 0 Å².